The van der Waals surface area contributed by atoms with Gasteiger partial charge in [0.2, 0.25) is 0 Å². The van der Waals surface area contributed by atoms with Crippen molar-refractivity contribution in [3.63, 3.8) is 0 Å². The minimum Gasteiger partial charge on any atom is -0.483 e. The Morgan fingerprint density at radius 2 is 2.06 bits per heavy atom. The number of hydrogen-bond acceptors (Lipinski definition) is 3. The smallest absolute Gasteiger partial charge is 0.258 e. The molecule has 0 aliphatic heterocycles. The van der Waals surface area contributed by atoms with Gasteiger partial charge in [-0.2, -0.15) is 0 Å². The molecule has 1 amide bonds. The van der Waals surface area contributed by atoms with Crippen LogP contribution in [0.3, 0.4) is 0 Å². The van der Waals surface area contributed by atoms with Gasteiger partial charge in [0.15, 0.2) is 6.61 Å². The molecule has 1 aromatic rings. The van der Waals surface area contributed by atoms with Gasteiger partial charge in [-0.05, 0) is 33.8 Å². The van der Waals surface area contributed by atoms with Crippen LogP contribution in [0, 0.1) is 6.92 Å². The molecule has 0 aromatic heterocycles. The first-order valence-electron chi connectivity index (χ1n) is 6.05. The van der Waals surface area contributed by atoms with E-state index in [-0.39, 0.29) is 18.1 Å². The maximum Gasteiger partial charge on any atom is 0.258 e. The van der Waals surface area contributed by atoms with Gasteiger partial charge >= 0.3 is 0 Å². The molecule has 0 spiro atoms. The maximum atomic E-state index is 11.6. The van der Waals surface area contributed by atoms with Crippen molar-refractivity contribution in [2.75, 3.05) is 6.61 Å². The second kappa shape index (κ2) is 5.87. The molecule has 0 heterocycles. The van der Waals surface area contributed by atoms with E-state index in [1.807, 2.05) is 45.9 Å². The van der Waals surface area contributed by atoms with Crippen LogP contribution >= 0.6 is 0 Å². The SMILES string of the molecule is Cc1ccc(OCC(=O)NC(C)(C)C)c(CN)c1. The highest BCUT2D eigenvalue weighted by molar-refractivity contribution is 5.78. The van der Waals surface area contributed by atoms with Crippen LogP contribution in [0.15, 0.2) is 18.2 Å². The summed E-state index contributed by atoms with van der Waals surface area (Å²) in [6.07, 6.45) is 0. The standard InChI is InChI=1S/C14H22N2O2/c1-10-5-6-12(11(7-10)8-15)18-9-13(17)16-14(2,3)4/h5-7H,8-9,15H2,1-4H3,(H,16,17). The molecule has 0 saturated carbocycles. The Balaban J connectivity index is 2.61. The summed E-state index contributed by atoms with van der Waals surface area (Å²) >= 11 is 0. The second-order valence-electron chi connectivity index (χ2n) is 5.40. The molecule has 1 rings (SSSR count). The van der Waals surface area contributed by atoms with Gasteiger partial charge in [0.25, 0.3) is 5.91 Å². The summed E-state index contributed by atoms with van der Waals surface area (Å²) in [5, 5.41) is 2.84. The second-order valence-corrected chi connectivity index (χ2v) is 5.40. The Bertz CT molecular complexity index is 422. The molecule has 3 N–H and O–H groups in total. The van der Waals surface area contributed by atoms with Crippen LogP contribution in [0.5, 0.6) is 5.75 Å². The van der Waals surface area contributed by atoms with E-state index in [1.165, 1.54) is 0 Å². The van der Waals surface area contributed by atoms with Crippen molar-refractivity contribution in [1.29, 1.82) is 0 Å². The predicted octanol–water partition coefficient (Wildman–Crippen LogP) is 1.75. The highest BCUT2D eigenvalue weighted by Crippen LogP contribution is 2.19. The lowest BCUT2D eigenvalue weighted by Gasteiger charge is -2.20. The van der Waals surface area contributed by atoms with Crippen molar-refractivity contribution < 1.29 is 9.53 Å². The van der Waals surface area contributed by atoms with E-state index in [1.54, 1.807) is 0 Å². The number of benzene rings is 1. The van der Waals surface area contributed by atoms with Gasteiger partial charge in [-0.3, -0.25) is 4.79 Å². The van der Waals surface area contributed by atoms with Crippen LogP contribution in [0.4, 0.5) is 0 Å². The normalized spacial score (nSPS) is 11.2. The Morgan fingerprint density at radius 3 is 2.61 bits per heavy atom. The van der Waals surface area contributed by atoms with Crippen LogP contribution in [0.25, 0.3) is 0 Å². The predicted molar refractivity (Wildman–Crippen MR) is 72.5 cm³/mol. The lowest BCUT2D eigenvalue weighted by molar-refractivity contribution is -0.124. The third kappa shape index (κ3) is 4.75. The molecule has 0 radical (unpaired) electrons. The molecular formula is C14H22N2O2. The molecule has 4 heteroatoms. The van der Waals surface area contributed by atoms with Gasteiger partial charge in [0.05, 0.1) is 0 Å². The Labute approximate surface area is 109 Å². The summed E-state index contributed by atoms with van der Waals surface area (Å²) in [7, 11) is 0. The number of aryl methyl sites for hydroxylation is 1. The number of nitrogens with two attached hydrogens (primary N) is 1. The Morgan fingerprint density at radius 1 is 1.39 bits per heavy atom. The summed E-state index contributed by atoms with van der Waals surface area (Å²) in [6, 6.07) is 5.76. The zero-order chi connectivity index (χ0) is 13.8. The first kappa shape index (κ1) is 14.5. The number of carbonyl (C=O) groups is 1. The van der Waals surface area contributed by atoms with E-state index >= 15 is 0 Å². The van der Waals surface area contributed by atoms with Crippen LogP contribution in [0.2, 0.25) is 0 Å². The van der Waals surface area contributed by atoms with Crippen molar-refractivity contribution >= 4 is 5.91 Å². The minimum absolute atomic E-state index is 0.00727. The summed E-state index contributed by atoms with van der Waals surface area (Å²) in [5.74, 6) is 0.540. The summed E-state index contributed by atoms with van der Waals surface area (Å²) in [6.45, 7) is 8.20. The molecule has 0 atom stereocenters. The van der Waals surface area contributed by atoms with E-state index in [0.29, 0.717) is 12.3 Å². The van der Waals surface area contributed by atoms with Crippen LogP contribution in [0.1, 0.15) is 31.9 Å². The summed E-state index contributed by atoms with van der Waals surface area (Å²) in [5.41, 5.74) is 7.44. The van der Waals surface area contributed by atoms with E-state index in [0.717, 1.165) is 11.1 Å². The fourth-order valence-corrected chi connectivity index (χ4v) is 1.61. The van der Waals surface area contributed by atoms with Gasteiger partial charge in [-0.15, -0.1) is 0 Å². The van der Waals surface area contributed by atoms with Crippen LogP contribution < -0.4 is 15.8 Å². The topological polar surface area (TPSA) is 64.3 Å². The zero-order valence-electron chi connectivity index (χ0n) is 11.5. The minimum atomic E-state index is -0.246. The third-order valence-electron chi connectivity index (χ3n) is 2.31. The molecule has 0 fully saturated rings. The van der Waals surface area contributed by atoms with Crippen molar-refractivity contribution in [3.8, 4) is 5.75 Å². The van der Waals surface area contributed by atoms with Crippen LogP contribution in [-0.2, 0) is 11.3 Å². The number of nitrogens with one attached hydrogen (secondary N) is 1. The highest BCUT2D eigenvalue weighted by atomic mass is 16.5. The molecule has 0 bridgehead atoms. The van der Waals surface area contributed by atoms with Gasteiger partial charge in [0, 0.05) is 17.6 Å². The fourth-order valence-electron chi connectivity index (χ4n) is 1.61. The zero-order valence-corrected chi connectivity index (χ0v) is 11.5. The number of ether oxygens (including phenoxy) is 1. The average Bonchev–Trinajstić information content (AvgIpc) is 2.24. The van der Waals surface area contributed by atoms with Crippen molar-refractivity contribution in [3.05, 3.63) is 29.3 Å². The summed E-state index contributed by atoms with van der Waals surface area (Å²) in [4.78, 5) is 11.6. The lowest BCUT2D eigenvalue weighted by Crippen LogP contribution is -2.43. The number of rotatable bonds is 4. The average molecular weight is 250 g/mol. The third-order valence-corrected chi connectivity index (χ3v) is 2.31. The largest absolute Gasteiger partial charge is 0.483 e. The first-order chi connectivity index (χ1) is 8.31. The molecule has 100 valence electrons. The monoisotopic (exact) mass is 250 g/mol. The number of hydrogen-bond donors (Lipinski definition) is 2. The molecule has 0 unspecified atom stereocenters. The Kier molecular flexibility index (Phi) is 4.73. The van der Waals surface area contributed by atoms with Gasteiger partial charge in [-0.25, -0.2) is 0 Å². The quantitative estimate of drug-likeness (QED) is 0.855. The number of amides is 1. The maximum absolute atomic E-state index is 11.6. The molecule has 1 aromatic carbocycles. The fraction of sp³-hybridized carbons (Fsp3) is 0.500. The molecule has 4 nitrogen and oxygen atoms in total. The lowest BCUT2D eigenvalue weighted by atomic mass is 10.1. The van der Waals surface area contributed by atoms with Gasteiger partial charge < -0.3 is 15.8 Å². The van der Waals surface area contributed by atoms with Crippen molar-refractivity contribution in [1.82, 2.24) is 5.32 Å². The van der Waals surface area contributed by atoms with E-state index < -0.39 is 0 Å². The molecule has 0 aliphatic carbocycles. The summed E-state index contributed by atoms with van der Waals surface area (Å²) < 4.78 is 5.50. The van der Waals surface area contributed by atoms with Crippen molar-refractivity contribution in [2.24, 2.45) is 5.73 Å². The molecule has 0 aliphatic rings. The Hall–Kier alpha value is -1.55. The molecule has 0 saturated heterocycles. The van der Waals surface area contributed by atoms with Crippen LogP contribution in [-0.4, -0.2) is 18.1 Å². The van der Waals surface area contributed by atoms with Gasteiger partial charge in [0.1, 0.15) is 5.75 Å². The van der Waals surface area contributed by atoms with E-state index in [2.05, 4.69) is 5.32 Å². The van der Waals surface area contributed by atoms with E-state index in [9.17, 15) is 4.79 Å². The molecular weight excluding hydrogens is 228 g/mol. The highest BCUT2D eigenvalue weighted by Gasteiger charge is 2.14. The first-order valence-corrected chi connectivity index (χ1v) is 6.05. The van der Waals surface area contributed by atoms with E-state index in [4.69, 9.17) is 10.5 Å². The number of carbonyl (C=O) groups excluding carboxylic acids is 1. The van der Waals surface area contributed by atoms with Crippen molar-refractivity contribution in [2.45, 2.75) is 39.8 Å². The van der Waals surface area contributed by atoms with Gasteiger partial charge in [-0.1, -0.05) is 17.7 Å². The molecule has 18 heavy (non-hydrogen) atoms.